The van der Waals surface area contributed by atoms with Crippen molar-refractivity contribution in [3.8, 4) is 0 Å². The number of rotatable bonds is 6. The van der Waals surface area contributed by atoms with Gasteiger partial charge in [0.1, 0.15) is 5.83 Å². The van der Waals surface area contributed by atoms with Crippen molar-refractivity contribution in [1.82, 2.24) is 0 Å². The highest BCUT2D eigenvalue weighted by Crippen LogP contribution is 2.41. The molecule has 5 unspecified atom stereocenters. The Balaban J connectivity index is 1.72. The maximum atomic E-state index is 13.4. The molecule has 0 bridgehead atoms. The summed E-state index contributed by atoms with van der Waals surface area (Å²) in [4.78, 5) is 0. The second-order valence-electron chi connectivity index (χ2n) is 7.26. The molecule has 2 nitrogen and oxygen atoms in total. The third-order valence-electron chi connectivity index (χ3n) is 5.81. The van der Waals surface area contributed by atoms with Gasteiger partial charge in [0.15, 0.2) is 0 Å². The maximum Gasteiger partial charge on any atom is 0.118 e. The van der Waals surface area contributed by atoms with Crippen LogP contribution in [0.1, 0.15) is 38.2 Å². The molecule has 1 fully saturated rings. The lowest BCUT2D eigenvalue weighted by molar-refractivity contribution is -0.101. The molecule has 1 aromatic carbocycles. The van der Waals surface area contributed by atoms with Gasteiger partial charge >= 0.3 is 0 Å². The molecule has 0 aliphatic heterocycles. The SMILES string of the molecule is CCC1CC(C2C=CC(F)=CC2)C(OCc2ccccc2)CC1OC. The van der Waals surface area contributed by atoms with Crippen LogP contribution in [0.3, 0.4) is 0 Å². The third-order valence-corrected chi connectivity index (χ3v) is 5.81. The maximum absolute atomic E-state index is 13.4. The molecule has 2 aliphatic carbocycles. The van der Waals surface area contributed by atoms with Crippen LogP contribution in [0.2, 0.25) is 0 Å². The molecule has 136 valence electrons. The van der Waals surface area contributed by atoms with Crippen molar-refractivity contribution >= 4 is 0 Å². The van der Waals surface area contributed by atoms with Crippen LogP contribution in [0.5, 0.6) is 0 Å². The Morgan fingerprint density at radius 3 is 2.56 bits per heavy atom. The van der Waals surface area contributed by atoms with E-state index in [1.54, 1.807) is 19.3 Å². The van der Waals surface area contributed by atoms with Crippen LogP contribution in [0.25, 0.3) is 0 Å². The van der Waals surface area contributed by atoms with Crippen molar-refractivity contribution in [3.63, 3.8) is 0 Å². The van der Waals surface area contributed by atoms with Crippen molar-refractivity contribution in [2.24, 2.45) is 17.8 Å². The van der Waals surface area contributed by atoms with Gasteiger partial charge in [0.05, 0.1) is 18.8 Å². The molecule has 1 saturated carbocycles. The van der Waals surface area contributed by atoms with Crippen LogP contribution in [0.15, 0.2) is 54.4 Å². The van der Waals surface area contributed by atoms with Gasteiger partial charge in [0, 0.05) is 13.5 Å². The van der Waals surface area contributed by atoms with Gasteiger partial charge in [-0.15, -0.1) is 0 Å². The normalized spacial score (nSPS) is 32.4. The van der Waals surface area contributed by atoms with E-state index in [9.17, 15) is 4.39 Å². The predicted octanol–water partition coefficient (Wildman–Crippen LogP) is 5.45. The molecule has 0 heterocycles. The Morgan fingerprint density at radius 2 is 1.92 bits per heavy atom. The molecule has 5 atom stereocenters. The van der Waals surface area contributed by atoms with E-state index < -0.39 is 0 Å². The van der Waals surface area contributed by atoms with Gasteiger partial charge in [-0.25, -0.2) is 4.39 Å². The monoisotopic (exact) mass is 344 g/mol. The quantitative estimate of drug-likeness (QED) is 0.683. The lowest BCUT2D eigenvalue weighted by atomic mass is 9.69. The second kappa shape index (κ2) is 8.77. The molecular formula is C22H29FO2. The van der Waals surface area contributed by atoms with Crippen LogP contribution in [-0.4, -0.2) is 19.3 Å². The van der Waals surface area contributed by atoms with E-state index in [1.807, 2.05) is 24.3 Å². The zero-order valence-corrected chi connectivity index (χ0v) is 15.2. The second-order valence-corrected chi connectivity index (χ2v) is 7.26. The minimum atomic E-state index is -0.115. The Kier molecular flexibility index (Phi) is 6.44. The largest absolute Gasteiger partial charge is 0.381 e. The average Bonchev–Trinajstić information content (AvgIpc) is 2.67. The van der Waals surface area contributed by atoms with Crippen LogP contribution in [0.4, 0.5) is 4.39 Å². The summed E-state index contributed by atoms with van der Waals surface area (Å²) >= 11 is 0. The fourth-order valence-corrected chi connectivity index (χ4v) is 4.32. The van der Waals surface area contributed by atoms with Crippen molar-refractivity contribution in [1.29, 1.82) is 0 Å². The van der Waals surface area contributed by atoms with Crippen molar-refractivity contribution < 1.29 is 13.9 Å². The zero-order chi connectivity index (χ0) is 17.6. The number of hydrogen-bond donors (Lipinski definition) is 0. The summed E-state index contributed by atoms with van der Waals surface area (Å²) in [5.41, 5.74) is 1.19. The number of benzene rings is 1. The molecule has 3 heteroatoms. The first kappa shape index (κ1) is 18.3. The lowest BCUT2D eigenvalue weighted by Gasteiger charge is -2.43. The fraction of sp³-hybridized carbons (Fsp3) is 0.545. The highest BCUT2D eigenvalue weighted by molar-refractivity contribution is 5.19. The summed E-state index contributed by atoms with van der Waals surface area (Å²) in [5.74, 6) is 1.21. The Hall–Kier alpha value is -1.45. The average molecular weight is 344 g/mol. The van der Waals surface area contributed by atoms with Gasteiger partial charge in [-0.05, 0) is 48.3 Å². The fourth-order valence-electron chi connectivity index (χ4n) is 4.32. The van der Waals surface area contributed by atoms with Gasteiger partial charge < -0.3 is 9.47 Å². The van der Waals surface area contributed by atoms with Crippen molar-refractivity contribution in [2.45, 2.75) is 51.4 Å². The molecule has 25 heavy (non-hydrogen) atoms. The molecular weight excluding hydrogens is 315 g/mol. The number of allylic oxidation sites excluding steroid dienone is 4. The first-order valence-electron chi connectivity index (χ1n) is 9.43. The molecule has 0 saturated heterocycles. The smallest absolute Gasteiger partial charge is 0.118 e. The summed E-state index contributed by atoms with van der Waals surface area (Å²) in [5, 5.41) is 0. The van der Waals surface area contributed by atoms with E-state index in [4.69, 9.17) is 9.47 Å². The highest BCUT2D eigenvalue weighted by Gasteiger charge is 2.40. The Bertz CT molecular complexity index is 595. The first-order valence-corrected chi connectivity index (χ1v) is 9.43. The van der Waals surface area contributed by atoms with E-state index in [0.717, 1.165) is 25.7 Å². The highest BCUT2D eigenvalue weighted by atomic mass is 19.1. The zero-order valence-electron chi connectivity index (χ0n) is 15.2. The molecule has 2 aliphatic rings. The molecule has 3 rings (SSSR count). The van der Waals surface area contributed by atoms with E-state index in [0.29, 0.717) is 24.4 Å². The lowest BCUT2D eigenvalue weighted by Crippen LogP contribution is -2.43. The topological polar surface area (TPSA) is 18.5 Å². The van der Waals surface area contributed by atoms with E-state index in [-0.39, 0.29) is 18.0 Å². The summed E-state index contributed by atoms with van der Waals surface area (Å²) in [6, 6.07) is 10.3. The molecule has 0 radical (unpaired) electrons. The minimum Gasteiger partial charge on any atom is -0.381 e. The standard InChI is InChI=1S/C22H29FO2/c1-3-17-13-20(18-9-11-19(23)12-10-18)22(14-21(17)24-2)25-15-16-7-5-4-6-8-16/h4-9,11-12,17-18,20-22H,3,10,13-15H2,1-2H3. The van der Waals surface area contributed by atoms with Crippen LogP contribution < -0.4 is 0 Å². The molecule has 0 N–H and O–H groups in total. The molecule has 0 amide bonds. The summed E-state index contributed by atoms with van der Waals surface area (Å²) < 4.78 is 25.5. The molecule has 0 spiro atoms. The van der Waals surface area contributed by atoms with Crippen LogP contribution in [-0.2, 0) is 16.1 Å². The number of ether oxygens (including phenoxy) is 2. The van der Waals surface area contributed by atoms with Gasteiger partial charge in [-0.1, -0.05) is 49.8 Å². The number of halogens is 1. The minimum absolute atomic E-state index is 0.115. The van der Waals surface area contributed by atoms with E-state index >= 15 is 0 Å². The molecule has 0 aromatic heterocycles. The van der Waals surface area contributed by atoms with E-state index in [1.165, 1.54) is 5.56 Å². The third kappa shape index (κ3) is 4.59. The Morgan fingerprint density at radius 1 is 1.12 bits per heavy atom. The number of hydrogen-bond acceptors (Lipinski definition) is 2. The molecule has 1 aromatic rings. The van der Waals surface area contributed by atoms with Gasteiger partial charge in [0.25, 0.3) is 0 Å². The van der Waals surface area contributed by atoms with Gasteiger partial charge in [-0.2, -0.15) is 0 Å². The summed E-state index contributed by atoms with van der Waals surface area (Å²) in [6.07, 6.45) is 9.65. The van der Waals surface area contributed by atoms with Crippen LogP contribution >= 0.6 is 0 Å². The predicted molar refractivity (Wildman–Crippen MR) is 98.8 cm³/mol. The van der Waals surface area contributed by atoms with Gasteiger partial charge in [0.2, 0.25) is 0 Å². The Labute approximate surface area is 150 Å². The summed E-state index contributed by atoms with van der Waals surface area (Å²) in [7, 11) is 1.81. The van der Waals surface area contributed by atoms with Gasteiger partial charge in [-0.3, -0.25) is 0 Å². The first-order chi connectivity index (χ1) is 12.2. The van der Waals surface area contributed by atoms with Crippen LogP contribution in [0, 0.1) is 17.8 Å². The van der Waals surface area contributed by atoms with Crippen molar-refractivity contribution in [2.75, 3.05) is 7.11 Å². The van der Waals surface area contributed by atoms with E-state index in [2.05, 4.69) is 19.1 Å². The summed E-state index contributed by atoms with van der Waals surface area (Å²) in [6.45, 7) is 2.85. The van der Waals surface area contributed by atoms with Crippen molar-refractivity contribution in [3.05, 3.63) is 60.0 Å². The number of methoxy groups -OCH3 is 1.